The van der Waals surface area contributed by atoms with E-state index in [0.29, 0.717) is 11.3 Å². The Bertz CT molecular complexity index is 291. The molecule has 0 saturated carbocycles. The third-order valence-corrected chi connectivity index (χ3v) is 1.55. The van der Waals surface area contributed by atoms with E-state index >= 15 is 0 Å². The maximum Gasteiger partial charge on any atom is 0.123 e. The molecule has 0 fully saturated rings. The van der Waals surface area contributed by atoms with Crippen molar-refractivity contribution in [3.8, 4) is 0 Å². The summed E-state index contributed by atoms with van der Waals surface area (Å²) < 4.78 is 0. The number of hydrogen-bond acceptors (Lipinski definition) is 2. The number of nitrogens with two attached hydrogens (primary N) is 2. The van der Waals surface area contributed by atoms with E-state index < -0.39 is 0 Å². The maximum absolute atomic E-state index is 7.20. The van der Waals surface area contributed by atoms with Crippen LogP contribution in [0.5, 0.6) is 0 Å². The van der Waals surface area contributed by atoms with Gasteiger partial charge in [0.25, 0.3) is 0 Å². The third kappa shape index (κ3) is 1.49. The summed E-state index contributed by atoms with van der Waals surface area (Å²) >= 11 is 0. The van der Waals surface area contributed by atoms with E-state index in [2.05, 4.69) is 0 Å². The Morgan fingerprint density at radius 1 is 1.45 bits per heavy atom. The largest absolute Gasteiger partial charge is 0.399 e. The van der Waals surface area contributed by atoms with Gasteiger partial charge in [-0.1, -0.05) is 6.07 Å². The topological polar surface area (TPSA) is 75.9 Å². The molecule has 0 unspecified atom stereocenters. The van der Waals surface area contributed by atoms with Crippen LogP contribution in [-0.4, -0.2) is 5.84 Å². The van der Waals surface area contributed by atoms with Gasteiger partial charge in [0.15, 0.2) is 0 Å². The first-order valence-electron chi connectivity index (χ1n) is 3.32. The minimum Gasteiger partial charge on any atom is -0.399 e. The van der Waals surface area contributed by atoms with Crippen LogP contribution in [0.1, 0.15) is 11.1 Å². The van der Waals surface area contributed by atoms with E-state index in [4.69, 9.17) is 16.9 Å². The normalized spacial score (nSPS) is 9.55. The van der Waals surface area contributed by atoms with Crippen molar-refractivity contribution < 1.29 is 0 Å². The van der Waals surface area contributed by atoms with Crippen LogP contribution in [0, 0.1) is 12.3 Å². The van der Waals surface area contributed by atoms with Crippen molar-refractivity contribution in [2.75, 3.05) is 5.73 Å². The summed E-state index contributed by atoms with van der Waals surface area (Å²) in [6.07, 6.45) is 0. The molecule has 0 amide bonds. The van der Waals surface area contributed by atoms with Gasteiger partial charge in [-0.15, -0.1) is 0 Å². The van der Waals surface area contributed by atoms with Crippen molar-refractivity contribution in [2.45, 2.75) is 6.92 Å². The highest BCUT2D eigenvalue weighted by Gasteiger charge is 2.00. The summed E-state index contributed by atoms with van der Waals surface area (Å²) in [7, 11) is 0. The zero-order valence-corrected chi connectivity index (χ0v) is 6.39. The molecule has 1 aromatic carbocycles. The molecule has 0 aliphatic heterocycles. The van der Waals surface area contributed by atoms with Crippen LogP contribution in [-0.2, 0) is 0 Å². The molecule has 1 aromatic rings. The molecule has 0 aromatic heterocycles. The van der Waals surface area contributed by atoms with Crippen LogP contribution in [0.15, 0.2) is 18.2 Å². The van der Waals surface area contributed by atoms with Gasteiger partial charge in [-0.2, -0.15) is 0 Å². The summed E-state index contributed by atoms with van der Waals surface area (Å²) in [5.41, 5.74) is 13.2. The molecule has 0 radical (unpaired) electrons. The molecule has 1 rings (SSSR count). The van der Waals surface area contributed by atoms with Crippen molar-refractivity contribution in [1.29, 1.82) is 5.41 Å². The fourth-order valence-corrected chi connectivity index (χ4v) is 0.930. The Morgan fingerprint density at radius 3 is 2.55 bits per heavy atom. The first kappa shape index (κ1) is 7.60. The van der Waals surface area contributed by atoms with Gasteiger partial charge in [-0.25, -0.2) is 0 Å². The van der Waals surface area contributed by atoms with Gasteiger partial charge in [0, 0.05) is 11.3 Å². The average Bonchev–Trinajstić information content (AvgIpc) is 1.94. The molecular formula is C8H11N3. The van der Waals surface area contributed by atoms with Gasteiger partial charge < -0.3 is 11.5 Å². The van der Waals surface area contributed by atoms with Gasteiger partial charge in [-0.3, -0.25) is 5.41 Å². The number of hydrogen-bond donors (Lipinski definition) is 3. The smallest absolute Gasteiger partial charge is 0.123 e. The van der Waals surface area contributed by atoms with Crippen LogP contribution in [0.2, 0.25) is 0 Å². The Morgan fingerprint density at radius 2 is 2.09 bits per heavy atom. The Balaban J connectivity index is 3.23. The van der Waals surface area contributed by atoms with Crippen molar-refractivity contribution in [3.05, 3.63) is 29.3 Å². The van der Waals surface area contributed by atoms with Crippen LogP contribution in [0.3, 0.4) is 0 Å². The fourth-order valence-electron chi connectivity index (χ4n) is 0.930. The van der Waals surface area contributed by atoms with E-state index in [9.17, 15) is 0 Å². The summed E-state index contributed by atoms with van der Waals surface area (Å²) in [5, 5.41) is 7.20. The van der Waals surface area contributed by atoms with Crippen molar-refractivity contribution in [3.63, 3.8) is 0 Å². The molecule has 0 bridgehead atoms. The van der Waals surface area contributed by atoms with Gasteiger partial charge >= 0.3 is 0 Å². The summed E-state index contributed by atoms with van der Waals surface area (Å²) in [6, 6.07) is 5.35. The lowest BCUT2D eigenvalue weighted by Gasteiger charge is -2.03. The van der Waals surface area contributed by atoms with Crippen molar-refractivity contribution in [1.82, 2.24) is 0 Å². The summed E-state index contributed by atoms with van der Waals surface area (Å²) in [4.78, 5) is 0. The molecule has 5 N–H and O–H groups in total. The number of amidine groups is 1. The minimum absolute atomic E-state index is 0.0646. The Hall–Kier alpha value is -1.51. The van der Waals surface area contributed by atoms with Crippen molar-refractivity contribution >= 4 is 11.5 Å². The monoisotopic (exact) mass is 149 g/mol. The second-order valence-corrected chi connectivity index (χ2v) is 2.49. The predicted molar refractivity (Wildman–Crippen MR) is 46.6 cm³/mol. The molecule has 58 valence electrons. The van der Waals surface area contributed by atoms with Crippen LogP contribution in [0.4, 0.5) is 5.69 Å². The van der Waals surface area contributed by atoms with Gasteiger partial charge in [0.2, 0.25) is 0 Å². The Labute approximate surface area is 65.5 Å². The van der Waals surface area contributed by atoms with E-state index in [-0.39, 0.29) is 5.84 Å². The lowest BCUT2D eigenvalue weighted by atomic mass is 10.1. The molecular weight excluding hydrogens is 138 g/mol. The Kier molecular flexibility index (Phi) is 1.81. The SMILES string of the molecule is Cc1ccc(N)cc1C(=N)N. The molecule has 3 heteroatoms. The highest BCUT2D eigenvalue weighted by atomic mass is 14.7. The lowest BCUT2D eigenvalue weighted by molar-refractivity contribution is 1.37. The highest BCUT2D eigenvalue weighted by Crippen LogP contribution is 2.11. The van der Waals surface area contributed by atoms with Crippen molar-refractivity contribution in [2.24, 2.45) is 5.73 Å². The highest BCUT2D eigenvalue weighted by molar-refractivity contribution is 5.97. The number of aryl methyl sites for hydroxylation is 1. The second kappa shape index (κ2) is 2.62. The zero-order valence-electron chi connectivity index (χ0n) is 6.39. The molecule has 11 heavy (non-hydrogen) atoms. The van der Waals surface area contributed by atoms with Crippen LogP contribution < -0.4 is 11.5 Å². The third-order valence-electron chi connectivity index (χ3n) is 1.55. The second-order valence-electron chi connectivity index (χ2n) is 2.49. The predicted octanol–water partition coefficient (Wildman–Crippen LogP) is 0.861. The molecule has 0 aliphatic rings. The zero-order chi connectivity index (χ0) is 8.43. The van der Waals surface area contributed by atoms with Gasteiger partial charge in [0.05, 0.1) is 0 Å². The molecule has 0 spiro atoms. The van der Waals surface area contributed by atoms with Gasteiger partial charge in [-0.05, 0) is 24.6 Å². The molecule has 0 aliphatic carbocycles. The number of benzene rings is 1. The van der Waals surface area contributed by atoms with Gasteiger partial charge in [0.1, 0.15) is 5.84 Å². The van der Waals surface area contributed by atoms with E-state index in [0.717, 1.165) is 5.56 Å². The number of rotatable bonds is 1. The number of anilines is 1. The molecule has 0 atom stereocenters. The molecule has 0 saturated heterocycles. The van der Waals surface area contributed by atoms with Crippen LogP contribution >= 0.6 is 0 Å². The lowest BCUT2D eigenvalue weighted by Crippen LogP contribution is -2.12. The standard InChI is InChI=1S/C8H11N3/c1-5-2-3-6(9)4-7(5)8(10)11/h2-4H,9H2,1H3,(H3,10,11). The number of nitrogen functional groups attached to an aromatic ring is 2. The first-order valence-corrected chi connectivity index (χ1v) is 3.32. The van der Waals surface area contributed by atoms with Crippen LogP contribution in [0.25, 0.3) is 0 Å². The van der Waals surface area contributed by atoms with E-state index in [1.807, 2.05) is 13.0 Å². The van der Waals surface area contributed by atoms with E-state index in [1.165, 1.54) is 0 Å². The maximum atomic E-state index is 7.20. The quantitative estimate of drug-likeness (QED) is 0.314. The number of nitrogens with one attached hydrogen (secondary N) is 1. The summed E-state index contributed by atoms with van der Waals surface area (Å²) in [6.45, 7) is 1.90. The minimum atomic E-state index is 0.0646. The first-order chi connectivity index (χ1) is 5.11. The molecule has 3 nitrogen and oxygen atoms in total. The fraction of sp³-hybridized carbons (Fsp3) is 0.125. The average molecular weight is 149 g/mol. The molecule has 0 heterocycles. The van der Waals surface area contributed by atoms with E-state index in [1.54, 1.807) is 12.1 Å². The summed E-state index contributed by atoms with van der Waals surface area (Å²) in [5.74, 6) is 0.0646.